The monoisotopic (exact) mass is 864 g/mol. The summed E-state index contributed by atoms with van der Waals surface area (Å²) in [5.74, 6) is 0.100. The minimum atomic E-state index is -0.134. The molecule has 1 N–H and O–H groups in total. The largest absolute Gasteiger partial charge is 0.504 e. The third-order valence-corrected chi connectivity index (χ3v) is 10.4. The number of aromatic nitrogens is 2. The molecule has 4 nitrogen and oxygen atoms in total. The van der Waals surface area contributed by atoms with Gasteiger partial charge < -0.3 is 9.52 Å². The molecule has 0 aliphatic carbocycles. The van der Waals surface area contributed by atoms with E-state index in [1.807, 2.05) is 36.5 Å². The SMILES string of the molecule is CC(C)(C)c1cc(-c2cc(-c3ccccc3)ccn2)[c-]c(-c2ccc3c4ccccc4c4cc5c(oc6ccc7ccccc7c65)c(O)c4c3n2)c1.[Pt]. The van der Waals surface area contributed by atoms with Crippen molar-refractivity contribution in [2.45, 2.75) is 26.2 Å². The number of benzene rings is 7. The Morgan fingerprint density at radius 1 is 0.585 bits per heavy atom. The number of rotatable bonds is 3. The van der Waals surface area contributed by atoms with Crippen molar-refractivity contribution in [3.05, 3.63) is 151 Å². The number of pyridine rings is 2. The Balaban J connectivity index is 0.00000372. The second kappa shape index (κ2) is 12.4. The van der Waals surface area contributed by atoms with Gasteiger partial charge in [-0.15, -0.1) is 23.8 Å². The summed E-state index contributed by atoms with van der Waals surface area (Å²) < 4.78 is 6.44. The molecule has 7 aromatic carbocycles. The minimum Gasteiger partial charge on any atom is -0.504 e. The van der Waals surface area contributed by atoms with Gasteiger partial charge in [0.25, 0.3) is 0 Å². The summed E-state index contributed by atoms with van der Waals surface area (Å²) in [6, 6.07) is 49.7. The van der Waals surface area contributed by atoms with Crippen LogP contribution in [-0.2, 0) is 26.5 Å². The quantitative estimate of drug-likeness (QED) is 0.142. The maximum Gasteiger partial charge on any atom is 0.177 e. The summed E-state index contributed by atoms with van der Waals surface area (Å²) in [7, 11) is 0. The fraction of sp³-hybridized carbons (Fsp3) is 0.0833. The molecular formula is C48H33N2O2Pt-. The van der Waals surface area contributed by atoms with Crippen LogP contribution in [0.4, 0.5) is 0 Å². The molecule has 0 spiro atoms. The molecule has 0 fully saturated rings. The number of fused-ring (bicyclic) bond motifs is 11. The first-order valence-corrected chi connectivity index (χ1v) is 17.6. The van der Waals surface area contributed by atoms with Gasteiger partial charge in [-0.3, -0.25) is 9.97 Å². The van der Waals surface area contributed by atoms with Crippen molar-refractivity contribution in [2.75, 3.05) is 0 Å². The molecule has 5 heteroatoms. The van der Waals surface area contributed by atoms with Crippen LogP contribution in [-0.4, -0.2) is 15.1 Å². The van der Waals surface area contributed by atoms with Gasteiger partial charge in [0.2, 0.25) is 0 Å². The minimum absolute atomic E-state index is 0. The number of nitrogens with zero attached hydrogens (tertiary/aromatic N) is 2. The van der Waals surface area contributed by atoms with E-state index in [-0.39, 0.29) is 32.2 Å². The molecule has 0 amide bonds. The number of phenolic OH excluding ortho intramolecular Hbond substituents is 1. The molecule has 0 aliphatic heterocycles. The van der Waals surface area contributed by atoms with Gasteiger partial charge in [0.1, 0.15) is 5.58 Å². The first kappa shape index (κ1) is 33.0. The van der Waals surface area contributed by atoms with E-state index in [4.69, 9.17) is 14.4 Å². The second-order valence-electron chi connectivity index (χ2n) is 14.7. The smallest absolute Gasteiger partial charge is 0.177 e. The van der Waals surface area contributed by atoms with Gasteiger partial charge in [-0.2, -0.15) is 0 Å². The molecule has 0 unspecified atom stereocenters. The first-order chi connectivity index (χ1) is 25.3. The standard InChI is InChI=1S/C48H33N2O2.Pt/c1-48(2,3)33-24-31(23-32(25-33)41-26-30(21-22-49-41)28-11-5-4-6-12-28)40-19-18-37-35-15-9-10-16-36(35)38-27-39-43-34-14-8-7-13-29(34)17-20-42(43)52-47(39)46(51)44(38)45(37)50-40;/h4-22,24-27,51H,1-3H3;/q-1;. The van der Waals surface area contributed by atoms with Crippen LogP contribution in [0.2, 0.25) is 0 Å². The molecule has 3 aromatic heterocycles. The van der Waals surface area contributed by atoms with Crippen LogP contribution in [0.3, 0.4) is 0 Å². The van der Waals surface area contributed by atoms with Gasteiger partial charge in [-0.1, -0.05) is 135 Å². The summed E-state index contributed by atoms with van der Waals surface area (Å²) in [4.78, 5) is 10.2. The van der Waals surface area contributed by atoms with E-state index in [2.05, 4.69) is 130 Å². The van der Waals surface area contributed by atoms with E-state index in [0.29, 0.717) is 11.0 Å². The molecule has 0 radical (unpaired) electrons. The molecule has 0 aliphatic rings. The molecular weight excluding hydrogens is 832 g/mol. The number of furan rings is 1. The fourth-order valence-electron chi connectivity index (χ4n) is 7.75. The summed E-state index contributed by atoms with van der Waals surface area (Å²) in [6.07, 6.45) is 1.87. The number of aromatic hydroxyl groups is 1. The van der Waals surface area contributed by atoms with Gasteiger partial charge in [-0.05, 0) is 61.7 Å². The Labute approximate surface area is 321 Å². The van der Waals surface area contributed by atoms with Crippen molar-refractivity contribution in [2.24, 2.45) is 0 Å². The maximum atomic E-state index is 12.2. The van der Waals surface area contributed by atoms with Crippen LogP contribution in [0, 0.1) is 6.07 Å². The Morgan fingerprint density at radius 3 is 2.06 bits per heavy atom. The third kappa shape index (κ3) is 5.32. The molecule has 0 atom stereocenters. The Bertz CT molecular complexity index is 3070. The topological polar surface area (TPSA) is 59.2 Å². The van der Waals surface area contributed by atoms with Crippen LogP contribution in [0.15, 0.2) is 144 Å². The van der Waals surface area contributed by atoms with E-state index in [9.17, 15) is 5.11 Å². The zero-order valence-corrected chi connectivity index (χ0v) is 31.6. The van der Waals surface area contributed by atoms with Gasteiger partial charge in [-0.25, -0.2) is 0 Å². The number of phenols is 1. The van der Waals surface area contributed by atoms with Gasteiger partial charge >= 0.3 is 0 Å². The van der Waals surface area contributed by atoms with Gasteiger partial charge in [0, 0.05) is 54.8 Å². The maximum absolute atomic E-state index is 12.2. The predicted molar refractivity (Wildman–Crippen MR) is 215 cm³/mol. The summed E-state index contributed by atoms with van der Waals surface area (Å²) in [5.41, 5.74) is 8.59. The van der Waals surface area contributed by atoms with E-state index in [1.54, 1.807) is 0 Å². The Kier molecular flexibility index (Phi) is 7.73. The van der Waals surface area contributed by atoms with Crippen LogP contribution < -0.4 is 0 Å². The van der Waals surface area contributed by atoms with Crippen molar-refractivity contribution < 1.29 is 30.6 Å². The van der Waals surface area contributed by atoms with Crippen LogP contribution in [0.25, 0.3) is 98.8 Å². The molecule has 0 saturated heterocycles. The van der Waals surface area contributed by atoms with Crippen LogP contribution >= 0.6 is 0 Å². The predicted octanol–water partition coefficient (Wildman–Crippen LogP) is 12.8. The summed E-state index contributed by atoms with van der Waals surface area (Å²) in [6.45, 7) is 6.66. The van der Waals surface area contributed by atoms with Crippen molar-refractivity contribution in [3.63, 3.8) is 0 Å². The first-order valence-electron chi connectivity index (χ1n) is 17.6. The normalized spacial score (nSPS) is 12.0. The summed E-state index contributed by atoms with van der Waals surface area (Å²) >= 11 is 0. The van der Waals surface area contributed by atoms with Crippen LogP contribution in [0.1, 0.15) is 26.3 Å². The molecule has 0 bridgehead atoms. The average molecular weight is 865 g/mol. The van der Waals surface area contributed by atoms with Crippen molar-refractivity contribution >= 4 is 65.2 Å². The fourth-order valence-corrected chi connectivity index (χ4v) is 7.75. The van der Waals surface area contributed by atoms with Crippen molar-refractivity contribution in [3.8, 4) is 39.4 Å². The molecule has 258 valence electrons. The van der Waals surface area contributed by atoms with E-state index >= 15 is 0 Å². The van der Waals surface area contributed by atoms with E-state index in [1.165, 1.54) is 0 Å². The van der Waals surface area contributed by atoms with E-state index in [0.717, 1.165) is 93.4 Å². The number of hydrogen-bond donors (Lipinski definition) is 1. The molecule has 53 heavy (non-hydrogen) atoms. The third-order valence-electron chi connectivity index (χ3n) is 10.4. The second-order valence-corrected chi connectivity index (χ2v) is 14.7. The van der Waals surface area contributed by atoms with Gasteiger partial charge in [0.15, 0.2) is 11.3 Å². The average Bonchev–Trinajstić information content (AvgIpc) is 3.57. The summed E-state index contributed by atoms with van der Waals surface area (Å²) in [5, 5.41) is 21.0. The number of hydrogen-bond acceptors (Lipinski definition) is 4. The van der Waals surface area contributed by atoms with Crippen molar-refractivity contribution in [1.82, 2.24) is 9.97 Å². The van der Waals surface area contributed by atoms with Crippen molar-refractivity contribution in [1.29, 1.82) is 0 Å². The zero-order valence-electron chi connectivity index (χ0n) is 29.3. The zero-order chi connectivity index (χ0) is 35.1. The molecule has 0 saturated carbocycles. The van der Waals surface area contributed by atoms with Crippen LogP contribution in [0.5, 0.6) is 5.75 Å². The molecule has 3 heterocycles. The van der Waals surface area contributed by atoms with Gasteiger partial charge in [0.05, 0.1) is 10.9 Å². The molecule has 10 aromatic rings. The Morgan fingerprint density at radius 2 is 1.28 bits per heavy atom. The Hall–Kier alpha value is -5.83. The van der Waals surface area contributed by atoms with E-state index < -0.39 is 0 Å². The molecule has 10 rings (SSSR count).